The molecule has 1 unspecified atom stereocenters. The number of carbonyl (C=O) groups excluding carboxylic acids is 1. The van der Waals surface area contributed by atoms with Gasteiger partial charge in [0.25, 0.3) is 5.91 Å². The lowest BCUT2D eigenvalue weighted by Gasteiger charge is -2.23. The van der Waals surface area contributed by atoms with E-state index in [1.54, 1.807) is 18.1 Å². The first kappa shape index (κ1) is 17.7. The summed E-state index contributed by atoms with van der Waals surface area (Å²) in [6.45, 7) is 1.97. The van der Waals surface area contributed by atoms with E-state index in [0.29, 0.717) is 5.56 Å². The second-order valence-electron chi connectivity index (χ2n) is 6.69. The number of benzene rings is 2. The molecule has 0 bridgehead atoms. The first-order valence-corrected chi connectivity index (χ1v) is 9.12. The van der Waals surface area contributed by atoms with Gasteiger partial charge in [0, 0.05) is 18.2 Å². The van der Waals surface area contributed by atoms with E-state index in [4.69, 9.17) is 0 Å². The fourth-order valence-corrected chi connectivity index (χ4v) is 3.16. The molecule has 2 aromatic heterocycles. The zero-order chi connectivity index (χ0) is 19.5. The van der Waals surface area contributed by atoms with Gasteiger partial charge in [-0.25, -0.2) is 0 Å². The SMILES string of the molecule is CC(c1cc(-c2ccccc2)n[nH]1)N(C)C(=O)c1cn[nH]c1-c1ccccc1. The summed E-state index contributed by atoms with van der Waals surface area (Å²) >= 11 is 0. The lowest BCUT2D eigenvalue weighted by atomic mass is 10.1. The Labute approximate surface area is 163 Å². The molecule has 2 aromatic carbocycles. The first-order valence-electron chi connectivity index (χ1n) is 9.12. The van der Waals surface area contributed by atoms with Gasteiger partial charge in [0.15, 0.2) is 0 Å². The summed E-state index contributed by atoms with van der Waals surface area (Å²) in [4.78, 5) is 14.8. The van der Waals surface area contributed by atoms with Crippen molar-refractivity contribution in [3.63, 3.8) is 0 Å². The minimum atomic E-state index is -0.170. The van der Waals surface area contributed by atoms with Crippen LogP contribution in [0.5, 0.6) is 0 Å². The zero-order valence-corrected chi connectivity index (χ0v) is 15.8. The predicted octanol–water partition coefficient (Wildman–Crippen LogP) is 4.30. The van der Waals surface area contributed by atoms with Crippen molar-refractivity contribution in [2.75, 3.05) is 7.05 Å². The summed E-state index contributed by atoms with van der Waals surface area (Å²) in [6, 6.07) is 21.5. The molecular weight excluding hydrogens is 350 g/mol. The molecular formula is C22H21N5O. The molecule has 0 radical (unpaired) electrons. The van der Waals surface area contributed by atoms with Gasteiger partial charge in [-0.2, -0.15) is 10.2 Å². The van der Waals surface area contributed by atoms with E-state index in [0.717, 1.165) is 28.2 Å². The van der Waals surface area contributed by atoms with E-state index in [1.807, 2.05) is 73.7 Å². The summed E-state index contributed by atoms with van der Waals surface area (Å²) in [5.41, 5.74) is 4.96. The fourth-order valence-electron chi connectivity index (χ4n) is 3.16. The molecule has 1 atom stereocenters. The largest absolute Gasteiger partial charge is 0.333 e. The van der Waals surface area contributed by atoms with Crippen molar-refractivity contribution in [3.05, 3.63) is 84.2 Å². The molecule has 2 heterocycles. The Morgan fingerprint density at radius 3 is 2.29 bits per heavy atom. The van der Waals surface area contributed by atoms with Crippen LogP contribution in [0.15, 0.2) is 72.9 Å². The minimum absolute atomic E-state index is 0.101. The number of carbonyl (C=O) groups is 1. The molecule has 0 saturated heterocycles. The molecule has 0 aliphatic rings. The number of aromatic nitrogens is 4. The van der Waals surface area contributed by atoms with Gasteiger partial charge in [-0.05, 0) is 13.0 Å². The Kier molecular flexibility index (Phi) is 4.76. The molecule has 4 rings (SSSR count). The van der Waals surface area contributed by atoms with Crippen LogP contribution in [-0.2, 0) is 0 Å². The summed E-state index contributed by atoms with van der Waals surface area (Å²) in [5, 5.41) is 14.5. The predicted molar refractivity (Wildman–Crippen MR) is 109 cm³/mol. The molecule has 6 nitrogen and oxygen atoms in total. The maximum Gasteiger partial charge on any atom is 0.257 e. The average Bonchev–Trinajstić information content (AvgIpc) is 3.43. The molecule has 2 N–H and O–H groups in total. The van der Waals surface area contributed by atoms with Gasteiger partial charge in [0.1, 0.15) is 0 Å². The van der Waals surface area contributed by atoms with Crippen LogP contribution in [0.25, 0.3) is 22.5 Å². The highest BCUT2D eigenvalue weighted by atomic mass is 16.2. The highest BCUT2D eigenvalue weighted by Gasteiger charge is 2.24. The van der Waals surface area contributed by atoms with E-state index < -0.39 is 0 Å². The van der Waals surface area contributed by atoms with Gasteiger partial charge in [-0.1, -0.05) is 60.7 Å². The number of hydrogen-bond donors (Lipinski definition) is 2. The molecule has 6 heteroatoms. The van der Waals surface area contributed by atoms with Crippen LogP contribution in [0.4, 0.5) is 0 Å². The Bertz CT molecular complexity index is 1070. The average molecular weight is 371 g/mol. The van der Waals surface area contributed by atoms with E-state index in [9.17, 15) is 4.79 Å². The van der Waals surface area contributed by atoms with Crippen molar-refractivity contribution in [1.29, 1.82) is 0 Å². The molecule has 0 fully saturated rings. The Hall–Kier alpha value is -3.67. The summed E-state index contributed by atoms with van der Waals surface area (Å²) in [5.74, 6) is -0.101. The zero-order valence-electron chi connectivity index (χ0n) is 15.8. The third kappa shape index (κ3) is 3.32. The van der Waals surface area contributed by atoms with Crippen LogP contribution < -0.4 is 0 Å². The highest BCUT2D eigenvalue weighted by molar-refractivity contribution is 5.99. The first-order chi connectivity index (χ1) is 13.6. The minimum Gasteiger partial charge on any atom is -0.333 e. The standard InChI is InChI=1S/C22H21N5O/c1-15(19-13-20(25-24-19)16-9-5-3-6-10-16)27(2)22(28)18-14-23-26-21(18)17-11-7-4-8-12-17/h3-15H,1-2H3,(H,23,26)(H,24,25). The quantitative estimate of drug-likeness (QED) is 0.549. The number of nitrogens with one attached hydrogen (secondary N) is 2. The second-order valence-corrected chi connectivity index (χ2v) is 6.69. The normalized spacial score (nSPS) is 11.9. The third-order valence-electron chi connectivity index (χ3n) is 4.95. The van der Waals surface area contributed by atoms with Crippen molar-refractivity contribution in [3.8, 4) is 22.5 Å². The number of aromatic amines is 2. The Morgan fingerprint density at radius 1 is 0.964 bits per heavy atom. The number of hydrogen-bond acceptors (Lipinski definition) is 3. The van der Waals surface area contributed by atoms with Crippen LogP contribution in [-0.4, -0.2) is 38.2 Å². The summed E-state index contributed by atoms with van der Waals surface area (Å²) in [7, 11) is 1.79. The molecule has 0 spiro atoms. The number of H-pyrrole nitrogens is 2. The molecule has 0 aliphatic carbocycles. The van der Waals surface area contributed by atoms with Gasteiger partial charge >= 0.3 is 0 Å². The van der Waals surface area contributed by atoms with Crippen molar-refractivity contribution in [2.24, 2.45) is 0 Å². The van der Waals surface area contributed by atoms with Gasteiger partial charge in [0.05, 0.1) is 34.9 Å². The van der Waals surface area contributed by atoms with Crippen LogP contribution in [0, 0.1) is 0 Å². The van der Waals surface area contributed by atoms with Crippen LogP contribution in [0.3, 0.4) is 0 Å². The van der Waals surface area contributed by atoms with Gasteiger partial charge < -0.3 is 4.90 Å². The lowest BCUT2D eigenvalue weighted by Crippen LogP contribution is -2.30. The van der Waals surface area contributed by atoms with E-state index in [1.165, 1.54) is 0 Å². The lowest BCUT2D eigenvalue weighted by molar-refractivity contribution is 0.0740. The van der Waals surface area contributed by atoms with E-state index >= 15 is 0 Å². The van der Waals surface area contributed by atoms with Crippen LogP contribution in [0.1, 0.15) is 29.0 Å². The fraction of sp³-hybridized carbons (Fsp3) is 0.136. The molecule has 28 heavy (non-hydrogen) atoms. The number of nitrogens with zero attached hydrogens (tertiary/aromatic N) is 3. The van der Waals surface area contributed by atoms with Gasteiger partial charge in [-0.3, -0.25) is 15.0 Å². The van der Waals surface area contributed by atoms with Gasteiger partial charge in [0.2, 0.25) is 0 Å². The number of amides is 1. The Morgan fingerprint density at radius 2 is 1.61 bits per heavy atom. The Balaban J connectivity index is 1.57. The van der Waals surface area contributed by atoms with Crippen LogP contribution in [0.2, 0.25) is 0 Å². The smallest absolute Gasteiger partial charge is 0.257 e. The van der Waals surface area contributed by atoms with E-state index in [2.05, 4.69) is 20.4 Å². The molecule has 0 aliphatic heterocycles. The van der Waals surface area contributed by atoms with Gasteiger partial charge in [-0.15, -0.1) is 0 Å². The molecule has 1 amide bonds. The monoisotopic (exact) mass is 371 g/mol. The van der Waals surface area contributed by atoms with Crippen molar-refractivity contribution >= 4 is 5.91 Å². The topological polar surface area (TPSA) is 77.7 Å². The van der Waals surface area contributed by atoms with E-state index in [-0.39, 0.29) is 11.9 Å². The summed E-state index contributed by atoms with van der Waals surface area (Å²) < 4.78 is 0. The molecule has 140 valence electrons. The number of rotatable bonds is 5. The van der Waals surface area contributed by atoms with Crippen molar-refractivity contribution in [2.45, 2.75) is 13.0 Å². The van der Waals surface area contributed by atoms with Crippen molar-refractivity contribution in [1.82, 2.24) is 25.3 Å². The van der Waals surface area contributed by atoms with Crippen molar-refractivity contribution < 1.29 is 4.79 Å². The third-order valence-corrected chi connectivity index (χ3v) is 4.95. The molecule has 0 saturated carbocycles. The second kappa shape index (κ2) is 7.52. The molecule has 4 aromatic rings. The maximum absolute atomic E-state index is 13.1. The summed E-state index contributed by atoms with van der Waals surface area (Å²) in [6.07, 6.45) is 1.58. The van der Waals surface area contributed by atoms with Crippen LogP contribution >= 0.6 is 0 Å². The maximum atomic E-state index is 13.1. The highest BCUT2D eigenvalue weighted by Crippen LogP contribution is 2.27.